The van der Waals surface area contributed by atoms with Crippen LogP contribution in [0.4, 0.5) is 5.82 Å². The Morgan fingerprint density at radius 1 is 1.53 bits per heavy atom. The van der Waals surface area contributed by atoms with Crippen LogP contribution in [0.25, 0.3) is 0 Å². The molecular weight excluding hydrogens is 212 g/mol. The summed E-state index contributed by atoms with van der Waals surface area (Å²) in [5.41, 5.74) is 0. The number of piperidine rings is 1. The van der Waals surface area contributed by atoms with Crippen molar-refractivity contribution in [3.05, 3.63) is 17.5 Å². The van der Waals surface area contributed by atoms with Gasteiger partial charge in [-0.15, -0.1) is 0 Å². The molecule has 0 amide bonds. The van der Waals surface area contributed by atoms with Gasteiger partial charge in [-0.3, -0.25) is 4.98 Å². The molecule has 0 radical (unpaired) electrons. The first-order chi connectivity index (χ1) is 7.34. The lowest BCUT2D eigenvalue weighted by Crippen LogP contribution is -2.33. The average molecular weight is 227 g/mol. The minimum atomic E-state index is 0.432. The number of nitrogens with zero attached hydrogens (tertiary/aromatic N) is 2. The third kappa shape index (κ3) is 3.32. The van der Waals surface area contributed by atoms with E-state index >= 15 is 0 Å². The summed E-state index contributed by atoms with van der Waals surface area (Å²) in [7, 11) is 0. The summed E-state index contributed by atoms with van der Waals surface area (Å²) < 4.78 is 0. The highest BCUT2D eigenvalue weighted by molar-refractivity contribution is 6.29. The molecule has 1 fully saturated rings. The molecule has 4 nitrogen and oxygen atoms in total. The van der Waals surface area contributed by atoms with Crippen LogP contribution in [0.2, 0.25) is 5.15 Å². The fourth-order valence-electron chi connectivity index (χ4n) is 1.77. The summed E-state index contributed by atoms with van der Waals surface area (Å²) in [6.45, 7) is 3.16. The van der Waals surface area contributed by atoms with E-state index in [1.807, 2.05) is 0 Å². The molecule has 0 bridgehead atoms. The van der Waals surface area contributed by atoms with Gasteiger partial charge < -0.3 is 10.6 Å². The molecule has 1 unspecified atom stereocenters. The lowest BCUT2D eigenvalue weighted by molar-refractivity contribution is 0.392. The number of halogens is 1. The minimum absolute atomic E-state index is 0.432. The second kappa shape index (κ2) is 5.28. The zero-order valence-electron chi connectivity index (χ0n) is 8.54. The van der Waals surface area contributed by atoms with Crippen LogP contribution >= 0.6 is 11.6 Å². The topological polar surface area (TPSA) is 49.8 Å². The predicted octanol–water partition coefficient (Wildman–Crippen LogP) is 1.54. The van der Waals surface area contributed by atoms with E-state index < -0.39 is 0 Å². The van der Waals surface area contributed by atoms with Crippen LogP contribution in [-0.2, 0) is 0 Å². The Balaban J connectivity index is 1.81. The Kier molecular flexibility index (Phi) is 3.75. The van der Waals surface area contributed by atoms with Crippen molar-refractivity contribution in [2.45, 2.75) is 12.8 Å². The first kappa shape index (κ1) is 10.6. The molecule has 1 atom stereocenters. The summed E-state index contributed by atoms with van der Waals surface area (Å²) in [5.74, 6) is 1.44. The van der Waals surface area contributed by atoms with Gasteiger partial charge in [0.1, 0.15) is 11.0 Å². The average Bonchev–Trinajstić information content (AvgIpc) is 2.28. The third-order valence-electron chi connectivity index (χ3n) is 2.58. The number of nitrogens with one attached hydrogen (secondary N) is 2. The molecule has 2 N–H and O–H groups in total. The van der Waals surface area contributed by atoms with Gasteiger partial charge >= 0.3 is 0 Å². The predicted molar refractivity (Wildman–Crippen MR) is 61.1 cm³/mol. The quantitative estimate of drug-likeness (QED) is 0.821. The molecule has 1 aromatic rings. The van der Waals surface area contributed by atoms with E-state index in [0.29, 0.717) is 11.1 Å². The summed E-state index contributed by atoms with van der Waals surface area (Å²) in [6, 6.07) is 0. The monoisotopic (exact) mass is 226 g/mol. The number of hydrogen-bond donors (Lipinski definition) is 2. The maximum atomic E-state index is 5.74. The van der Waals surface area contributed by atoms with Crippen LogP contribution in [0, 0.1) is 5.92 Å². The largest absolute Gasteiger partial charge is 0.368 e. The van der Waals surface area contributed by atoms with Gasteiger partial charge in [0, 0.05) is 6.54 Å². The highest BCUT2D eigenvalue weighted by atomic mass is 35.5. The minimum Gasteiger partial charge on any atom is -0.368 e. The first-order valence-electron chi connectivity index (χ1n) is 5.27. The Bertz CT molecular complexity index is 312. The second-order valence-corrected chi connectivity index (χ2v) is 4.21. The Morgan fingerprint density at radius 3 is 3.20 bits per heavy atom. The summed E-state index contributed by atoms with van der Waals surface area (Å²) in [4.78, 5) is 8.10. The van der Waals surface area contributed by atoms with Crippen molar-refractivity contribution >= 4 is 17.4 Å². The molecule has 0 saturated carbocycles. The fourth-order valence-corrected chi connectivity index (χ4v) is 1.92. The SMILES string of the molecule is Clc1cncc(NCC2CCCNC2)n1. The molecule has 2 rings (SSSR count). The van der Waals surface area contributed by atoms with Gasteiger partial charge in [-0.05, 0) is 31.8 Å². The lowest BCUT2D eigenvalue weighted by atomic mass is 10.00. The zero-order chi connectivity index (χ0) is 10.5. The normalized spacial score (nSPS) is 21.3. The maximum Gasteiger partial charge on any atom is 0.149 e. The van der Waals surface area contributed by atoms with Gasteiger partial charge in [-0.25, -0.2) is 4.98 Å². The molecule has 2 heterocycles. The molecule has 0 spiro atoms. The van der Waals surface area contributed by atoms with Crippen LogP contribution in [0.15, 0.2) is 12.4 Å². The van der Waals surface area contributed by atoms with Crippen LogP contribution in [0.5, 0.6) is 0 Å². The van der Waals surface area contributed by atoms with Crippen LogP contribution in [0.3, 0.4) is 0 Å². The molecule has 0 aliphatic carbocycles. The van der Waals surface area contributed by atoms with E-state index in [2.05, 4.69) is 20.6 Å². The van der Waals surface area contributed by atoms with E-state index in [1.165, 1.54) is 19.0 Å². The van der Waals surface area contributed by atoms with Crippen molar-refractivity contribution in [3.8, 4) is 0 Å². The van der Waals surface area contributed by atoms with E-state index in [-0.39, 0.29) is 0 Å². The smallest absolute Gasteiger partial charge is 0.149 e. The highest BCUT2D eigenvalue weighted by Gasteiger charge is 2.12. The Labute approximate surface area is 94.5 Å². The third-order valence-corrected chi connectivity index (χ3v) is 2.76. The van der Waals surface area contributed by atoms with Crippen molar-refractivity contribution in [3.63, 3.8) is 0 Å². The van der Waals surface area contributed by atoms with Crippen LogP contribution in [0.1, 0.15) is 12.8 Å². The molecule has 82 valence electrons. The number of anilines is 1. The van der Waals surface area contributed by atoms with Gasteiger partial charge in [0.15, 0.2) is 0 Å². The van der Waals surface area contributed by atoms with Gasteiger partial charge in [0.05, 0.1) is 12.4 Å². The van der Waals surface area contributed by atoms with Gasteiger partial charge in [-0.1, -0.05) is 11.6 Å². The summed E-state index contributed by atoms with van der Waals surface area (Å²) in [5, 5.41) is 7.07. The van der Waals surface area contributed by atoms with Crippen molar-refractivity contribution in [1.82, 2.24) is 15.3 Å². The van der Waals surface area contributed by atoms with Gasteiger partial charge in [-0.2, -0.15) is 0 Å². The lowest BCUT2D eigenvalue weighted by Gasteiger charge is -2.22. The molecule has 0 aromatic carbocycles. The van der Waals surface area contributed by atoms with Gasteiger partial charge in [0.25, 0.3) is 0 Å². The molecule has 1 aliphatic heterocycles. The van der Waals surface area contributed by atoms with Crippen molar-refractivity contribution in [2.24, 2.45) is 5.92 Å². The maximum absolute atomic E-state index is 5.74. The Morgan fingerprint density at radius 2 is 2.47 bits per heavy atom. The summed E-state index contributed by atoms with van der Waals surface area (Å²) in [6.07, 6.45) is 5.76. The standard InChI is InChI=1S/C10H15ClN4/c11-9-6-13-7-10(15-9)14-5-8-2-1-3-12-4-8/h6-8,12H,1-5H2,(H,14,15). The van der Waals surface area contributed by atoms with E-state index in [4.69, 9.17) is 11.6 Å². The van der Waals surface area contributed by atoms with E-state index in [0.717, 1.165) is 25.5 Å². The summed E-state index contributed by atoms with van der Waals surface area (Å²) >= 11 is 5.74. The molecular formula is C10H15ClN4. The van der Waals surface area contributed by atoms with Gasteiger partial charge in [0.2, 0.25) is 0 Å². The molecule has 1 aliphatic rings. The van der Waals surface area contributed by atoms with E-state index in [1.54, 1.807) is 6.20 Å². The number of aromatic nitrogens is 2. The zero-order valence-corrected chi connectivity index (χ0v) is 9.30. The van der Waals surface area contributed by atoms with E-state index in [9.17, 15) is 0 Å². The number of rotatable bonds is 3. The van der Waals surface area contributed by atoms with Crippen LogP contribution < -0.4 is 10.6 Å². The van der Waals surface area contributed by atoms with Crippen molar-refractivity contribution in [1.29, 1.82) is 0 Å². The molecule has 1 saturated heterocycles. The highest BCUT2D eigenvalue weighted by Crippen LogP contribution is 2.12. The Hall–Kier alpha value is -0.870. The molecule has 1 aromatic heterocycles. The second-order valence-electron chi connectivity index (χ2n) is 3.82. The fraction of sp³-hybridized carbons (Fsp3) is 0.600. The van der Waals surface area contributed by atoms with Crippen molar-refractivity contribution < 1.29 is 0 Å². The van der Waals surface area contributed by atoms with Crippen LogP contribution in [-0.4, -0.2) is 29.6 Å². The number of hydrogen-bond acceptors (Lipinski definition) is 4. The van der Waals surface area contributed by atoms with Crippen molar-refractivity contribution in [2.75, 3.05) is 25.0 Å². The molecule has 15 heavy (non-hydrogen) atoms. The first-order valence-corrected chi connectivity index (χ1v) is 5.64. The molecule has 5 heteroatoms.